The molecule has 0 spiro atoms. The van der Waals surface area contributed by atoms with E-state index < -0.39 is 12.0 Å². The van der Waals surface area contributed by atoms with Crippen molar-refractivity contribution in [1.82, 2.24) is 9.88 Å². The molecule has 1 unspecified atom stereocenters. The SMILES string of the molecule is CCn1ccc(CNC(C(=O)O)C(C)C)c1. The number of carboxylic acid groups (broad SMARTS) is 1. The van der Waals surface area contributed by atoms with Crippen molar-refractivity contribution in [2.24, 2.45) is 5.92 Å². The Bertz CT molecular complexity index is 345. The molecule has 0 saturated carbocycles. The molecule has 2 N–H and O–H groups in total. The number of hydrogen-bond acceptors (Lipinski definition) is 2. The summed E-state index contributed by atoms with van der Waals surface area (Å²) in [6, 6.07) is 1.53. The zero-order chi connectivity index (χ0) is 12.1. The second kappa shape index (κ2) is 5.70. The zero-order valence-corrected chi connectivity index (χ0v) is 10.1. The summed E-state index contributed by atoms with van der Waals surface area (Å²) in [5, 5.41) is 12.1. The highest BCUT2D eigenvalue weighted by atomic mass is 16.4. The van der Waals surface area contributed by atoms with Gasteiger partial charge in [-0.1, -0.05) is 13.8 Å². The fraction of sp³-hybridized carbons (Fsp3) is 0.583. The highest BCUT2D eigenvalue weighted by Gasteiger charge is 2.20. The summed E-state index contributed by atoms with van der Waals surface area (Å²) >= 11 is 0. The lowest BCUT2D eigenvalue weighted by Crippen LogP contribution is -2.40. The van der Waals surface area contributed by atoms with Gasteiger partial charge in [0.05, 0.1) is 0 Å². The summed E-state index contributed by atoms with van der Waals surface area (Å²) < 4.78 is 2.07. The van der Waals surface area contributed by atoms with Gasteiger partial charge in [0.15, 0.2) is 0 Å². The van der Waals surface area contributed by atoms with E-state index in [0.29, 0.717) is 6.54 Å². The van der Waals surface area contributed by atoms with Crippen LogP contribution in [0, 0.1) is 5.92 Å². The van der Waals surface area contributed by atoms with E-state index in [4.69, 9.17) is 5.11 Å². The fourth-order valence-corrected chi connectivity index (χ4v) is 1.63. The highest BCUT2D eigenvalue weighted by molar-refractivity contribution is 5.73. The molecule has 0 amide bonds. The molecule has 0 fully saturated rings. The molecule has 1 aromatic heterocycles. The number of carboxylic acids is 1. The van der Waals surface area contributed by atoms with Crippen LogP contribution < -0.4 is 5.32 Å². The standard InChI is InChI=1S/C12H20N2O2/c1-4-14-6-5-10(8-14)7-13-11(9(2)3)12(15)16/h5-6,8-9,11,13H,4,7H2,1-3H3,(H,15,16). The van der Waals surface area contributed by atoms with Gasteiger partial charge in [0.25, 0.3) is 0 Å². The third kappa shape index (κ3) is 3.38. The average Bonchev–Trinajstić information content (AvgIpc) is 2.65. The topological polar surface area (TPSA) is 54.3 Å². The predicted molar refractivity (Wildman–Crippen MR) is 63.2 cm³/mol. The smallest absolute Gasteiger partial charge is 0.320 e. The lowest BCUT2D eigenvalue weighted by atomic mass is 10.0. The van der Waals surface area contributed by atoms with Crippen molar-refractivity contribution in [3.63, 3.8) is 0 Å². The predicted octanol–water partition coefficient (Wildman–Crippen LogP) is 1.71. The van der Waals surface area contributed by atoms with Crippen LogP contribution in [0.2, 0.25) is 0 Å². The minimum Gasteiger partial charge on any atom is -0.480 e. The molecule has 90 valence electrons. The molecular weight excluding hydrogens is 204 g/mol. The molecule has 0 aliphatic carbocycles. The normalized spacial score (nSPS) is 13.0. The van der Waals surface area contributed by atoms with Gasteiger partial charge in [-0.15, -0.1) is 0 Å². The molecule has 1 atom stereocenters. The minimum absolute atomic E-state index is 0.0887. The summed E-state index contributed by atoms with van der Waals surface area (Å²) in [7, 11) is 0. The maximum absolute atomic E-state index is 11.0. The Hall–Kier alpha value is -1.29. The van der Waals surface area contributed by atoms with Crippen LogP contribution in [0.3, 0.4) is 0 Å². The molecular formula is C12H20N2O2. The van der Waals surface area contributed by atoms with Crippen LogP contribution in [0.15, 0.2) is 18.5 Å². The van der Waals surface area contributed by atoms with Gasteiger partial charge in [-0.05, 0) is 24.5 Å². The van der Waals surface area contributed by atoms with E-state index in [2.05, 4.69) is 16.8 Å². The van der Waals surface area contributed by atoms with Gasteiger partial charge in [0.1, 0.15) is 6.04 Å². The Kier molecular flexibility index (Phi) is 4.55. The van der Waals surface area contributed by atoms with E-state index in [1.807, 2.05) is 32.3 Å². The number of rotatable bonds is 6. The molecule has 1 heterocycles. The third-order valence-corrected chi connectivity index (χ3v) is 2.64. The first-order chi connectivity index (χ1) is 7.54. The van der Waals surface area contributed by atoms with Gasteiger partial charge >= 0.3 is 5.97 Å². The van der Waals surface area contributed by atoms with E-state index in [0.717, 1.165) is 12.1 Å². The summed E-state index contributed by atoms with van der Waals surface area (Å²) in [5.41, 5.74) is 1.12. The third-order valence-electron chi connectivity index (χ3n) is 2.64. The van der Waals surface area contributed by atoms with Crippen molar-refractivity contribution in [2.75, 3.05) is 0 Å². The highest BCUT2D eigenvalue weighted by Crippen LogP contribution is 2.05. The zero-order valence-electron chi connectivity index (χ0n) is 10.1. The molecule has 0 aliphatic rings. The molecule has 4 heteroatoms. The molecule has 0 bridgehead atoms. The van der Waals surface area contributed by atoms with E-state index in [9.17, 15) is 4.79 Å². The number of carbonyl (C=O) groups is 1. The van der Waals surface area contributed by atoms with Crippen LogP contribution in [-0.2, 0) is 17.9 Å². The van der Waals surface area contributed by atoms with E-state index in [-0.39, 0.29) is 5.92 Å². The Morgan fingerprint density at radius 2 is 2.25 bits per heavy atom. The Labute approximate surface area is 96.3 Å². The van der Waals surface area contributed by atoms with Crippen molar-refractivity contribution in [3.8, 4) is 0 Å². The fourth-order valence-electron chi connectivity index (χ4n) is 1.63. The van der Waals surface area contributed by atoms with Crippen molar-refractivity contribution in [3.05, 3.63) is 24.0 Å². The molecule has 4 nitrogen and oxygen atoms in total. The number of aliphatic carboxylic acids is 1. The van der Waals surface area contributed by atoms with Crippen LogP contribution >= 0.6 is 0 Å². The van der Waals surface area contributed by atoms with Gasteiger partial charge < -0.3 is 15.0 Å². The van der Waals surface area contributed by atoms with E-state index in [1.165, 1.54) is 0 Å². The van der Waals surface area contributed by atoms with E-state index in [1.54, 1.807) is 0 Å². The van der Waals surface area contributed by atoms with Crippen LogP contribution in [0.5, 0.6) is 0 Å². The summed E-state index contributed by atoms with van der Waals surface area (Å²) in [6.45, 7) is 7.42. The lowest BCUT2D eigenvalue weighted by molar-refractivity contribution is -0.140. The van der Waals surface area contributed by atoms with Crippen LogP contribution in [-0.4, -0.2) is 21.7 Å². The maximum Gasteiger partial charge on any atom is 0.320 e. The number of hydrogen-bond donors (Lipinski definition) is 2. The first-order valence-corrected chi connectivity index (χ1v) is 5.65. The van der Waals surface area contributed by atoms with Crippen molar-refractivity contribution in [1.29, 1.82) is 0 Å². The van der Waals surface area contributed by atoms with Crippen molar-refractivity contribution < 1.29 is 9.90 Å². The molecule has 0 aromatic carbocycles. The minimum atomic E-state index is -0.787. The number of aryl methyl sites for hydroxylation is 1. The van der Waals surface area contributed by atoms with Crippen molar-refractivity contribution in [2.45, 2.75) is 39.9 Å². The summed E-state index contributed by atoms with van der Waals surface area (Å²) in [4.78, 5) is 11.0. The Morgan fingerprint density at radius 3 is 2.69 bits per heavy atom. The average molecular weight is 224 g/mol. The van der Waals surface area contributed by atoms with Gasteiger partial charge in [0.2, 0.25) is 0 Å². The van der Waals surface area contributed by atoms with Crippen LogP contribution in [0.1, 0.15) is 26.3 Å². The largest absolute Gasteiger partial charge is 0.480 e. The van der Waals surface area contributed by atoms with Gasteiger partial charge in [-0.25, -0.2) is 0 Å². The van der Waals surface area contributed by atoms with Gasteiger partial charge in [-0.3, -0.25) is 4.79 Å². The molecule has 0 radical (unpaired) electrons. The first kappa shape index (κ1) is 12.8. The molecule has 1 rings (SSSR count). The maximum atomic E-state index is 11.0. The molecule has 0 saturated heterocycles. The number of nitrogens with one attached hydrogen (secondary N) is 1. The van der Waals surface area contributed by atoms with Crippen molar-refractivity contribution >= 4 is 5.97 Å². The quantitative estimate of drug-likeness (QED) is 0.773. The summed E-state index contributed by atoms with van der Waals surface area (Å²) in [6.07, 6.45) is 4.04. The number of nitrogens with zero attached hydrogens (tertiary/aromatic N) is 1. The lowest BCUT2D eigenvalue weighted by Gasteiger charge is -2.17. The summed E-state index contributed by atoms with van der Waals surface area (Å²) in [5.74, 6) is -0.698. The van der Waals surface area contributed by atoms with E-state index >= 15 is 0 Å². The Morgan fingerprint density at radius 1 is 1.56 bits per heavy atom. The monoisotopic (exact) mass is 224 g/mol. The van der Waals surface area contributed by atoms with Crippen LogP contribution in [0.25, 0.3) is 0 Å². The molecule has 0 aliphatic heterocycles. The second-order valence-corrected chi connectivity index (χ2v) is 4.29. The van der Waals surface area contributed by atoms with Gasteiger partial charge in [-0.2, -0.15) is 0 Å². The van der Waals surface area contributed by atoms with Gasteiger partial charge in [0, 0.05) is 25.5 Å². The van der Waals surface area contributed by atoms with Crippen LogP contribution in [0.4, 0.5) is 0 Å². The first-order valence-electron chi connectivity index (χ1n) is 5.65. The number of aromatic nitrogens is 1. The molecule has 16 heavy (non-hydrogen) atoms. The molecule has 1 aromatic rings. The second-order valence-electron chi connectivity index (χ2n) is 4.29. The Balaban J connectivity index is 2.52.